The molecule has 4 bridgehead atoms. The zero-order valence-corrected chi connectivity index (χ0v) is 27.2. The van der Waals surface area contributed by atoms with E-state index in [0.717, 1.165) is 56.7 Å². The number of benzene rings is 5. The first-order valence-corrected chi connectivity index (χ1v) is 17.3. The van der Waals surface area contributed by atoms with Crippen molar-refractivity contribution in [2.75, 3.05) is 0 Å². The van der Waals surface area contributed by atoms with Gasteiger partial charge in [0, 0.05) is 16.7 Å². The van der Waals surface area contributed by atoms with E-state index in [-0.39, 0.29) is 11.2 Å². The third kappa shape index (κ3) is 5.62. The maximum absolute atomic E-state index is 13.7. The second-order valence-electron chi connectivity index (χ2n) is 14.4. The maximum atomic E-state index is 13.7. The van der Waals surface area contributed by atoms with Crippen LogP contribution in [0.15, 0.2) is 121 Å². The van der Waals surface area contributed by atoms with Crippen LogP contribution in [-0.2, 0) is 5.41 Å². The lowest BCUT2D eigenvalue weighted by Crippen LogP contribution is -2.48. The van der Waals surface area contributed by atoms with E-state index >= 15 is 0 Å². The normalized spacial score (nSPS) is 22.2. The Morgan fingerprint density at radius 2 is 1.02 bits per heavy atom. The van der Waals surface area contributed by atoms with E-state index in [9.17, 15) is 9.65 Å². The van der Waals surface area contributed by atoms with Crippen molar-refractivity contribution < 1.29 is 4.39 Å². The summed E-state index contributed by atoms with van der Waals surface area (Å²) < 4.78 is 13.7. The number of hydrogen-bond donors (Lipinski definition) is 0. The summed E-state index contributed by atoms with van der Waals surface area (Å²) in [7, 11) is 0. The number of hydrogen-bond acceptors (Lipinski definition) is 4. The van der Waals surface area contributed by atoms with Crippen LogP contribution in [0.2, 0.25) is 0 Å². The molecule has 4 nitrogen and oxygen atoms in total. The first-order valence-electron chi connectivity index (χ1n) is 17.3. The molecule has 1 aromatic heterocycles. The number of nitrogens with zero attached hydrogens (tertiary/aromatic N) is 4. The average molecular weight is 639 g/mol. The lowest BCUT2D eigenvalue weighted by Gasteiger charge is -2.57. The largest absolute Gasteiger partial charge is 0.208 e. The molecule has 4 aliphatic rings. The summed E-state index contributed by atoms with van der Waals surface area (Å²) in [4.78, 5) is 15.3. The van der Waals surface area contributed by atoms with Crippen LogP contribution in [0.5, 0.6) is 0 Å². The van der Waals surface area contributed by atoms with E-state index in [4.69, 9.17) is 15.0 Å². The van der Waals surface area contributed by atoms with Crippen LogP contribution >= 0.6 is 0 Å². The van der Waals surface area contributed by atoms with Crippen molar-refractivity contribution in [2.45, 2.75) is 43.9 Å². The maximum Gasteiger partial charge on any atom is 0.164 e. The zero-order valence-electron chi connectivity index (χ0n) is 27.2. The summed E-state index contributed by atoms with van der Waals surface area (Å²) in [6.07, 6.45) is 7.91. The summed E-state index contributed by atoms with van der Waals surface area (Å²) in [5.74, 6) is 4.03. The third-order valence-electron chi connectivity index (χ3n) is 11.2. The van der Waals surface area contributed by atoms with Crippen molar-refractivity contribution >= 4 is 0 Å². The molecule has 0 spiro atoms. The van der Waals surface area contributed by atoms with Gasteiger partial charge in [0.25, 0.3) is 0 Å². The van der Waals surface area contributed by atoms with Crippen molar-refractivity contribution in [3.63, 3.8) is 0 Å². The second kappa shape index (κ2) is 11.9. The molecule has 0 N–H and O–H groups in total. The number of aromatic nitrogens is 3. The molecule has 0 amide bonds. The summed E-state index contributed by atoms with van der Waals surface area (Å²) in [6, 6.07) is 41.9. The fourth-order valence-corrected chi connectivity index (χ4v) is 9.26. The Balaban J connectivity index is 1.22. The topological polar surface area (TPSA) is 62.5 Å². The minimum absolute atomic E-state index is 0.174. The molecule has 0 unspecified atom stereocenters. The van der Waals surface area contributed by atoms with Crippen LogP contribution in [-0.4, -0.2) is 15.0 Å². The predicted molar refractivity (Wildman–Crippen MR) is 192 cm³/mol. The Kier molecular flexibility index (Phi) is 7.20. The number of nitriles is 1. The first kappa shape index (κ1) is 29.7. The Labute approximate surface area is 286 Å². The van der Waals surface area contributed by atoms with Crippen LogP contribution in [0.1, 0.15) is 49.7 Å². The smallest absolute Gasteiger partial charge is 0.164 e. The van der Waals surface area contributed by atoms with Gasteiger partial charge < -0.3 is 0 Å². The first-order chi connectivity index (χ1) is 24.0. The van der Waals surface area contributed by atoms with E-state index in [1.165, 1.54) is 56.2 Å². The van der Waals surface area contributed by atoms with E-state index in [1.54, 1.807) is 12.1 Å². The van der Waals surface area contributed by atoms with Crippen molar-refractivity contribution in [3.05, 3.63) is 138 Å². The van der Waals surface area contributed by atoms with Gasteiger partial charge >= 0.3 is 0 Å². The Morgan fingerprint density at radius 1 is 0.510 bits per heavy atom. The van der Waals surface area contributed by atoms with Gasteiger partial charge in [-0.2, -0.15) is 5.26 Å². The molecule has 4 aliphatic carbocycles. The predicted octanol–water partition coefficient (Wildman–Crippen LogP) is 10.7. The van der Waals surface area contributed by atoms with Gasteiger partial charge in [-0.15, -0.1) is 0 Å². The van der Waals surface area contributed by atoms with Gasteiger partial charge in [0.1, 0.15) is 5.82 Å². The zero-order chi connectivity index (χ0) is 33.0. The van der Waals surface area contributed by atoms with Gasteiger partial charge in [-0.1, -0.05) is 78.9 Å². The van der Waals surface area contributed by atoms with E-state index in [1.807, 2.05) is 60.7 Å². The van der Waals surface area contributed by atoms with Crippen LogP contribution in [0.3, 0.4) is 0 Å². The van der Waals surface area contributed by atoms with Crippen LogP contribution < -0.4 is 0 Å². The number of halogens is 1. The molecule has 0 saturated heterocycles. The highest BCUT2D eigenvalue weighted by molar-refractivity contribution is 5.76. The molecule has 238 valence electrons. The standard InChI is InChI=1S/C44H35FN4/c45-40-15-13-32(14-16-40)35-7-4-8-36(20-35)42-47-41(34-5-2-1-3-6-34)48-43(49-42)38-21-37(33-11-9-28(27-46)10-12-33)22-39(23-38)44-24-29-17-30(25-44)19-31(18-29)26-44/h1-16,20-23,29-31H,17-19,24-26H2/t29-,30+,31-,44?. The van der Waals surface area contributed by atoms with Gasteiger partial charge in [0.05, 0.1) is 11.6 Å². The molecule has 5 heteroatoms. The minimum Gasteiger partial charge on any atom is -0.208 e. The average Bonchev–Trinajstić information content (AvgIpc) is 3.15. The van der Waals surface area contributed by atoms with Crippen molar-refractivity contribution in [2.24, 2.45) is 17.8 Å². The SMILES string of the molecule is N#Cc1ccc(-c2cc(-c3nc(-c4ccccc4)nc(-c4cccc(-c5ccc(F)cc5)c4)n3)cc(C34C[C@H]5C[C@@H](C3)C[C@@H](C4)C5)c2)cc1. The molecule has 0 radical (unpaired) electrons. The summed E-state index contributed by atoms with van der Waals surface area (Å²) in [5.41, 5.74) is 9.08. The van der Waals surface area contributed by atoms with Gasteiger partial charge in [-0.25, -0.2) is 19.3 Å². The van der Waals surface area contributed by atoms with Gasteiger partial charge in [0.15, 0.2) is 17.5 Å². The number of rotatable bonds is 6. The second-order valence-corrected chi connectivity index (χ2v) is 14.4. The molecular weight excluding hydrogens is 604 g/mol. The summed E-state index contributed by atoms with van der Waals surface area (Å²) >= 11 is 0. The monoisotopic (exact) mass is 638 g/mol. The highest BCUT2D eigenvalue weighted by atomic mass is 19.1. The molecule has 5 aromatic carbocycles. The molecule has 1 heterocycles. The molecular formula is C44H35FN4. The third-order valence-corrected chi connectivity index (χ3v) is 11.2. The molecule has 0 aliphatic heterocycles. The highest BCUT2D eigenvalue weighted by Crippen LogP contribution is 2.61. The molecule has 49 heavy (non-hydrogen) atoms. The van der Waals surface area contributed by atoms with Crippen LogP contribution in [0.25, 0.3) is 56.4 Å². The lowest BCUT2D eigenvalue weighted by atomic mass is 9.48. The van der Waals surface area contributed by atoms with Gasteiger partial charge in [-0.3, -0.25) is 0 Å². The molecule has 4 saturated carbocycles. The Hall–Kier alpha value is -5.47. The molecule has 6 aromatic rings. The Morgan fingerprint density at radius 3 is 1.67 bits per heavy atom. The minimum atomic E-state index is -0.259. The quantitative estimate of drug-likeness (QED) is 0.182. The lowest BCUT2D eigenvalue weighted by molar-refractivity contribution is -0.00515. The van der Waals surface area contributed by atoms with Crippen LogP contribution in [0, 0.1) is 34.9 Å². The fraction of sp³-hybridized carbons (Fsp3) is 0.227. The molecule has 10 rings (SSSR count). The fourth-order valence-electron chi connectivity index (χ4n) is 9.26. The van der Waals surface area contributed by atoms with Crippen molar-refractivity contribution in [1.29, 1.82) is 5.26 Å². The molecule has 4 fully saturated rings. The highest BCUT2D eigenvalue weighted by Gasteiger charge is 2.51. The molecule has 0 atom stereocenters. The summed E-state index contributed by atoms with van der Waals surface area (Å²) in [5, 5.41) is 9.48. The van der Waals surface area contributed by atoms with Gasteiger partial charge in [0.2, 0.25) is 0 Å². The van der Waals surface area contributed by atoms with Gasteiger partial charge in [-0.05, 0) is 132 Å². The van der Waals surface area contributed by atoms with E-state index in [0.29, 0.717) is 23.0 Å². The summed E-state index contributed by atoms with van der Waals surface area (Å²) in [6.45, 7) is 0. The van der Waals surface area contributed by atoms with E-state index < -0.39 is 0 Å². The Bertz CT molecular complexity index is 2180. The van der Waals surface area contributed by atoms with Crippen molar-refractivity contribution in [3.8, 4) is 62.5 Å². The van der Waals surface area contributed by atoms with E-state index in [2.05, 4.69) is 42.5 Å². The van der Waals surface area contributed by atoms with Crippen molar-refractivity contribution in [1.82, 2.24) is 15.0 Å². The van der Waals surface area contributed by atoms with Crippen LogP contribution in [0.4, 0.5) is 4.39 Å².